The van der Waals surface area contributed by atoms with E-state index in [-0.39, 0.29) is 19.0 Å². The van der Waals surface area contributed by atoms with Gasteiger partial charge in [0.05, 0.1) is 11.8 Å². The smallest absolute Gasteiger partial charge is 0.275 e. The van der Waals surface area contributed by atoms with Crippen LogP contribution in [0.4, 0.5) is 4.39 Å². The predicted molar refractivity (Wildman–Crippen MR) is 157 cm³/mol. The van der Waals surface area contributed by atoms with E-state index in [1.165, 1.54) is 12.3 Å². The molecule has 200 valence electrons. The Labute approximate surface area is 240 Å². The van der Waals surface area contributed by atoms with Crippen LogP contribution in [0.1, 0.15) is 27.0 Å². The Hall–Kier alpha value is -4.39. The molecule has 0 fully saturated rings. The van der Waals surface area contributed by atoms with Crippen LogP contribution in [0.3, 0.4) is 0 Å². The molecule has 0 aromatic heterocycles. The second-order valence-corrected chi connectivity index (χ2v) is 9.64. The van der Waals surface area contributed by atoms with Crippen molar-refractivity contribution >= 4 is 46.1 Å². The van der Waals surface area contributed by atoms with Crippen molar-refractivity contribution in [2.75, 3.05) is 0 Å². The lowest BCUT2D eigenvalue weighted by molar-refractivity contribution is 0.0950. The van der Waals surface area contributed by atoms with Gasteiger partial charge in [-0.2, -0.15) is 5.10 Å². The summed E-state index contributed by atoms with van der Waals surface area (Å²) in [4.78, 5) is 13.1. The van der Waals surface area contributed by atoms with Gasteiger partial charge in [-0.25, -0.2) is 9.82 Å². The minimum absolute atomic E-state index is 0.0422. The summed E-state index contributed by atoms with van der Waals surface area (Å²) in [5.41, 5.74) is 4.69. The minimum atomic E-state index is -0.455. The van der Waals surface area contributed by atoms with Crippen LogP contribution in [0.2, 0.25) is 10.0 Å². The third kappa shape index (κ3) is 6.42. The van der Waals surface area contributed by atoms with E-state index in [0.29, 0.717) is 38.2 Å². The first-order chi connectivity index (χ1) is 19.5. The third-order valence-corrected chi connectivity index (χ3v) is 6.75. The Morgan fingerprint density at radius 2 is 1.52 bits per heavy atom. The number of carbonyl (C=O) groups is 1. The minimum Gasteiger partial charge on any atom is -0.488 e. The molecular formula is C32H23Cl2FN2O3. The lowest BCUT2D eigenvalue weighted by Crippen LogP contribution is -2.19. The van der Waals surface area contributed by atoms with Gasteiger partial charge in [-0.3, -0.25) is 4.79 Å². The number of benzene rings is 5. The van der Waals surface area contributed by atoms with E-state index in [0.717, 1.165) is 16.3 Å². The number of ether oxygens (including phenoxy) is 2. The van der Waals surface area contributed by atoms with Gasteiger partial charge in [0.2, 0.25) is 0 Å². The fourth-order valence-corrected chi connectivity index (χ4v) is 4.56. The van der Waals surface area contributed by atoms with Gasteiger partial charge in [-0.15, -0.1) is 0 Å². The molecule has 0 saturated carbocycles. The standard InChI is InChI=1S/C32H23Cl2FN2O3/c33-24-15-13-22(28(34)17-24)19-39-30-12-6-4-10-26(30)32(38)37-36-18-27-25-9-3-1-7-21(25)14-16-31(27)40-20-23-8-2-5-11-29(23)35/h1-18H,19-20H2,(H,37,38)/b36-18+. The van der Waals surface area contributed by atoms with Crippen molar-refractivity contribution in [3.63, 3.8) is 0 Å². The molecule has 0 aliphatic heterocycles. The Morgan fingerprint density at radius 3 is 2.38 bits per heavy atom. The van der Waals surface area contributed by atoms with Crippen LogP contribution in [0.15, 0.2) is 108 Å². The predicted octanol–water partition coefficient (Wildman–Crippen LogP) is 8.21. The number of hydrogen-bond acceptors (Lipinski definition) is 4. The van der Waals surface area contributed by atoms with Crippen molar-refractivity contribution < 1.29 is 18.7 Å². The molecule has 0 aliphatic carbocycles. The molecule has 0 atom stereocenters. The van der Waals surface area contributed by atoms with Crippen molar-refractivity contribution in [2.24, 2.45) is 5.10 Å². The highest BCUT2D eigenvalue weighted by molar-refractivity contribution is 6.35. The molecule has 8 heteroatoms. The molecule has 1 N–H and O–H groups in total. The number of nitrogens with one attached hydrogen (secondary N) is 1. The molecule has 0 unspecified atom stereocenters. The Bertz CT molecular complexity index is 1710. The van der Waals surface area contributed by atoms with Crippen molar-refractivity contribution in [1.82, 2.24) is 5.43 Å². The molecule has 0 radical (unpaired) electrons. The van der Waals surface area contributed by atoms with Crippen LogP contribution in [0, 0.1) is 5.82 Å². The van der Waals surface area contributed by atoms with Gasteiger partial charge < -0.3 is 9.47 Å². The number of fused-ring (bicyclic) bond motifs is 1. The van der Waals surface area contributed by atoms with Gasteiger partial charge in [-0.05, 0) is 47.2 Å². The van der Waals surface area contributed by atoms with Crippen LogP contribution in [-0.4, -0.2) is 12.1 Å². The monoisotopic (exact) mass is 572 g/mol. The second kappa shape index (κ2) is 12.6. The lowest BCUT2D eigenvalue weighted by atomic mass is 10.0. The maximum absolute atomic E-state index is 14.1. The van der Waals surface area contributed by atoms with E-state index in [4.69, 9.17) is 32.7 Å². The van der Waals surface area contributed by atoms with Gasteiger partial charge in [-0.1, -0.05) is 89.9 Å². The summed E-state index contributed by atoms with van der Waals surface area (Å²) >= 11 is 12.2. The largest absolute Gasteiger partial charge is 0.488 e. The van der Waals surface area contributed by atoms with Crippen molar-refractivity contribution in [1.29, 1.82) is 0 Å². The molecule has 0 saturated heterocycles. The average molecular weight is 573 g/mol. The molecule has 5 aromatic carbocycles. The summed E-state index contributed by atoms with van der Waals surface area (Å²) in [7, 11) is 0. The van der Waals surface area contributed by atoms with Crippen molar-refractivity contribution in [3.05, 3.63) is 141 Å². The van der Waals surface area contributed by atoms with Crippen LogP contribution >= 0.6 is 23.2 Å². The van der Waals surface area contributed by atoms with E-state index < -0.39 is 5.91 Å². The summed E-state index contributed by atoms with van der Waals surface area (Å²) in [6, 6.07) is 29.9. The van der Waals surface area contributed by atoms with Gasteiger partial charge >= 0.3 is 0 Å². The topological polar surface area (TPSA) is 59.9 Å². The quantitative estimate of drug-likeness (QED) is 0.143. The first-order valence-corrected chi connectivity index (χ1v) is 13.1. The summed E-state index contributed by atoms with van der Waals surface area (Å²) in [6.07, 6.45) is 1.52. The maximum atomic E-state index is 14.1. The van der Waals surface area contributed by atoms with E-state index >= 15 is 0 Å². The number of amides is 1. The SMILES string of the molecule is O=C(N/N=C/c1c(OCc2ccccc2F)ccc2ccccc12)c1ccccc1OCc1ccc(Cl)cc1Cl. The number of rotatable bonds is 9. The molecule has 40 heavy (non-hydrogen) atoms. The maximum Gasteiger partial charge on any atom is 0.275 e. The molecular weight excluding hydrogens is 550 g/mol. The summed E-state index contributed by atoms with van der Waals surface area (Å²) in [5, 5.41) is 7.05. The van der Waals surface area contributed by atoms with Gasteiger partial charge in [0.1, 0.15) is 30.5 Å². The fraction of sp³-hybridized carbons (Fsp3) is 0.0625. The number of carbonyl (C=O) groups excluding carboxylic acids is 1. The normalized spacial score (nSPS) is 11.1. The van der Waals surface area contributed by atoms with E-state index in [9.17, 15) is 9.18 Å². The highest BCUT2D eigenvalue weighted by Crippen LogP contribution is 2.28. The average Bonchev–Trinajstić information content (AvgIpc) is 2.97. The van der Waals surface area contributed by atoms with E-state index in [2.05, 4.69) is 10.5 Å². The third-order valence-electron chi connectivity index (χ3n) is 6.16. The zero-order valence-electron chi connectivity index (χ0n) is 21.1. The van der Waals surface area contributed by atoms with Crippen LogP contribution < -0.4 is 14.9 Å². The van der Waals surface area contributed by atoms with Gasteiger partial charge in [0.15, 0.2) is 0 Å². The molecule has 5 rings (SSSR count). The fourth-order valence-electron chi connectivity index (χ4n) is 4.10. The summed E-state index contributed by atoms with van der Waals surface area (Å²) in [6.45, 7) is 0.197. The first kappa shape index (κ1) is 27.2. The Balaban J connectivity index is 1.34. The van der Waals surface area contributed by atoms with Crippen molar-refractivity contribution in [3.8, 4) is 11.5 Å². The zero-order chi connectivity index (χ0) is 27.9. The number of halogens is 3. The van der Waals surface area contributed by atoms with E-state index in [1.54, 1.807) is 66.7 Å². The first-order valence-electron chi connectivity index (χ1n) is 12.4. The molecule has 5 nitrogen and oxygen atoms in total. The Kier molecular flexibility index (Phi) is 8.59. The van der Waals surface area contributed by atoms with Gasteiger partial charge in [0.25, 0.3) is 5.91 Å². The molecule has 0 spiro atoms. The molecule has 0 bridgehead atoms. The van der Waals surface area contributed by atoms with Gasteiger partial charge in [0, 0.05) is 26.7 Å². The van der Waals surface area contributed by atoms with Crippen LogP contribution in [0.5, 0.6) is 11.5 Å². The van der Waals surface area contributed by atoms with Crippen LogP contribution in [0.25, 0.3) is 10.8 Å². The highest BCUT2D eigenvalue weighted by atomic mass is 35.5. The number of hydrazone groups is 1. The molecule has 5 aromatic rings. The van der Waals surface area contributed by atoms with E-state index in [1.807, 2.05) is 30.3 Å². The molecule has 0 heterocycles. The second-order valence-electron chi connectivity index (χ2n) is 8.80. The molecule has 0 aliphatic rings. The Morgan fingerprint density at radius 1 is 0.800 bits per heavy atom. The van der Waals surface area contributed by atoms with Crippen LogP contribution in [-0.2, 0) is 13.2 Å². The number of hydrogen-bond donors (Lipinski definition) is 1. The van der Waals surface area contributed by atoms with Crippen molar-refractivity contribution in [2.45, 2.75) is 13.2 Å². The zero-order valence-corrected chi connectivity index (χ0v) is 22.6. The summed E-state index contributed by atoms with van der Waals surface area (Å²) < 4.78 is 26.0. The number of nitrogens with zero attached hydrogens (tertiary/aromatic N) is 1. The summed E-state index contributed by atoms with van der Waals surface area (Å²) in [5.74, 6) is 0.0805. The lowest BCUT2D eigenvalue weighted by Gasteiger charge is -2.13. The number of para-hydroxylation sites is 1. The molecule has 1 amide bonds. The highest BCUT2D eigenvalue weighted by Gasteiger charge is 2.14.